The number of aryl methyl sites for hydroxylation is 2. The van der Waals surface area contributed by atoms with Crippen molar-refractivity contribution in [2.24, 2.45) is 17.6 Å². The highest BCUT2D eigenvalue weighted by Gasteiger charge is 2.41. The molecule has 0 saturated heterocycles. The summed E-state index contributed by atoms with van der Waals surface area (Å²) in [6.45, 7) is 4.68. The smallest absolute Gasteiger partial charge is 0.132 e. The first kappa shape index (κ1) is 11.1. The second-order valence-corrected chi connectivity index (χ2v) is 5.72. The SMILES string of the molecule is Cc1nc(C2CC3CCC2C3)nc(C)c1CN. The predicted octanol–water partition coefficient (Wildman–Crippen LogP) is 2.46. The molecule has 3 atom stereocenters. The Labute approximate surface area is 103 Å². The molecule has 2 aliphatic carbocycles. The number of fused-ring (bicyclic) bond motifs is 2. The van der Waals surface area contributed by atoms with Crippen molar-refractivity contribution < 1.29 is 0 Å². The summed E-state index contributed by atoms with van der Waals surface area (Å²) >= 11 is 0. The summed E-state index contributed by atoms with van der Waals surface area (Å²) in [5, 5.41) is 0. The first-order valence-electron chi connectivity index (χ1n) is 6.73. The van der Waals surface area contributed by atoms with Gasteiger partial charge in [0, 0.05) is 29.4 Å². The van der Waals surface area contributed by atoms with Gasteiger partial charge in [-0.15, -0.1) is 0 Å². The Balaban J connectivity index is 1.94. The highest BCUT2D eigenvalue weighted by molar-refractivity contribution is 5.25. The lowest BCUT2D eigenvalue weighted by Gasteiger charge is -2.21. The standard InChI is InChI=1S/C14H21N3/c1-8-13(7-15)9(2)17-14(16-8)12-6-10-3-4-11(12)5-10/h10-12H,3-7,15H2,1-2H3. The maximum atomic E-state index is 5.74. The average Bonchev–Trinajstić information content (AvgIpc) is 2.90. The molecule has 0 aliphatic heterocycles. The lowest BCUT2D eigenvalue weighted by Crippen LogP contribution is -2.16. The van der Waals surface area contributed by atoms with Crippen molar-refractivity contribution in [3.05, 3.63) is 22.8 Å². The van der Waals surface area contributed by atoms with E-state index < -0.39 is 0 Å². The Bertz CT molecular complexity index is 418. The van der Waals surface area contributed by atoms with E-state index in [-0.39, 0.29) is 0 Å². The van der Waals surface area contributed by atoms with Gasteiger partial charge in [-0.3, -0.25) is 0 Å². The molecule has 0 radical (unpaired) electrons. The predicted molar refractivity (Wildman–Crippen MR) is 67.6 cm³/mol. The zero-order valence-electron chi connectivity index (χ0n) is 10.7. The Morgan fingerprint density at radius 1 is 1.12 bits per heavy atom. The molecule has 0 spiro atoms. The van der Waals surface area contributed by atoms with Gasteiger partial charge < -0.3 is 5.73 Å². The van der Waals surface area contributed by atoms with Crippen LogP contribution < -0.4 is 5.73 Å². The summed E-state index contributed by atoms with van der Waals surface area (Å²) in [5.41, 5.74) is 9.02. The van der Waals surface area contributed by atoms with Crippen molar-refractivity contribution in [2.75, 3.05) is 0 Å². The number of hydrogen-bond acceptors (Lipinski definition) is 3. The molecule has 1 aromatic heterocycles. The number of aromatic nitrogens is 2. The number of nitrogens with zero attached hydrogens (tertiary/aromatic N) is 2. The van der Waals surface area contributed by atoms with Crippen LogP contribution in [0.5, 0.6) is 0 Å². The first-order valence-corrected chi connectivity index (χ1v) is 6.73. The molecule has 3 heteroatoms. The van der Waals surface area contributed by atoms with Crippen molar-refractivity contribution in [1.82, 2.24) is 9.97 Å². The fraction of sp³-hybridized carbons (Fsp3) is 0.714. The minimum absolute atomic E-state index is 0.550. The van der Waals surface area contributed by atoms with Crippen LogP contribution in [0.25, 0.3) is 0 Å². The van der Waals surface area contributed by atoms with Crippen LogP contribution in [0.2, 0.25) is 0 Å². The zero-order valence-corrected chi connectivity index (χ0v) is 10.7. The van der Waals surface area contributed by atoms with E-state index in [1.807, 2.05) is 0 Å². The average molecular weight is 231 g/mol. The van der Waals surface area contributed by atoms with Crippen LogP contribution in [-0.2, 0) is 6.54 Å². The molecule has 2 fully saturated rings. The van der Waals surface area contributed by atoms with Gasteiger partial charge in [-0.2, -0.15) is 0 Å². The van der Waals surface area contributed by atoms with Gasteiger partial charge >= 0.3 is 0 Å². The van der Waals surface area contributed by atoms with Crippen molar-refractivity contribution in [1.29, 1.82) is 0 Å². The van der Waals surface area contributed by atoms with Crippen LogP contribution >= 0.6 is 0 Å². The third-order valence-electron chi connectivity index (χ3n) is 4.71. The highest BCUT2D eigenvalue weighted by Crippen LogP contribution is 2.52. The van der Waals surface area contributed by atoms with Gasteiger partial charge in [0.2, 0.25) is 0 Å². The van der Waals surface area contributed by atoms with E-state index in [4.69, 9.17) is 15.7 Å². The molecule has 92 valence electrons. The summed E-state index contributed by atoms with van der Waals surface area (Å²) in [6.07, 6.45) is 5.53. The van der Waals surface area contributed by atoms with E-state index in [1.165, 1.54) is 25.7 Å². The van der Waals surface area contributed by atoms with Crippen molar-refractivity contribution >= 4 is 0 Å². The molecule has 2 aliphatic rings. The van der Waals surface area contributed by atoms with E-state index in [0.29, 0.717) is 12.5 Å². The maximum absolute atomic E-state index is 5.74. The van der Waals surface area contributed by atoms with Crippen LogP contribution in [0, 0.1) is 25.7 Å². The van der Waals surface area contributed by atoms with Crippen LogP contribution in [-0.4, -0.2) is 9.97 Å². The quantitative estimate of drug-likeness (QED) is 0.850. The minimum Gasteiger partial charge on any atom is -0.326 e. The molecule has 0 amide bonds. The number of rotatable bonds is 2. The molecular formula is C14H21N3. The molecular weight excluding hydrogens is 210 g/mol. The van der Waals surface area contributed by atoms with Gasteiger partial charge in [0.15, 0.2) is 0 Å². The van der Waals surface area contributed by atoms with E-state index in [9.17, 15) is 0 Å². The zero-order chi connectivity index (χ0) is 12.0. The number of nitrogens with two attached hydrogens (primary N) is 1. The Hall–Kier alpha value is -0.960. The molecule has 1 heterocycles. The van der Waals surface area contributed by atoms with Crippen molar-refractivity contribution in [3.63, 3.8) is 0 Å². The Morgan fingerprint density at radius 2 is 1.82 bits per heavy atom. The van der Waals surface area contributed by atoms with E-state index in [2.05, 4.69) is 13.8 Å². The number of hydrogen-bond donors (Lipinski definition) is 1. The molecule has 2 N–H and O–H groups in total. The summed E-state index contributed by atoms with van der Waals surface area (Å²) in [6, 6.07) is 0. The highest BCUT2D eigenvalue weighted by atomic mass is 14.9. The van der Waals surface area contributed by atoms with E-state index >= 15 is 0 Å². The van der Waals surface area contributed by atoms with Gasteiger partial charge in [0.1, 0.15) is 5.82 Å². The molecule has 17 heavy (non-hydrogen) atoms. The fourth-order valence-electron chi connectivity index (χ4n) is 3.79. The van der Waals surface area contributed by atoms with Gasteiger partial charge in [0.05, 0.1) is 0 Å². The first-order chi connectivity index (χ1) is 8.19. The third-order valence-corrected chi connectivity index (χ3v) is 4.71. The van der Waals surface area contributed by atoms with Crippen LogP contribution in [0.15, 0.2) is 0 Å². The monoisotopic (exact) mass is 231 g/mol. The minimum atomic E-state index is 0.550. The summed E-state index contributed by atoms with van der Waals surface area (Å²) < 4.78 is 0. The molecule has 2 saturated carbocycles. The summed E-state index contributed by atoms with van der Waals surface area (Å²) in [5.74, 6) is 3.51. The third kappa shape index (κ3) is 1.77. The van der Waals surface area contributed by atoms with Gasteiger partial charge in [-0.1, -0.05) is 6.42 Å². The van der Waals surface area contributed by atoms with Crippen molar-refractivity contribution in [3.8, 4) is 0 Å². The second-order valence-electron chi connectivity index (χ2n) is 5.72. The summed E-state index contributed by atoms with van der Waals surface area (Å²) in [7, 11) is 0. The van der Waals surface area contributed by atoms with E-state index in [0.717, 1.165) is 34.6 Å². The van der Waals surface area contributed by atoms with Crippen molar-refractivity contribution in [2.45, 2.75) is 52.0 Å². The summed E-state index contributed by atoms with van der Waals surface area (Å²) in [4.78, 5) is 9.43. The molecule has 2 bridgehead atoms. The molecule has 1 aromatic rings. The molecule has 3 unspecified atom stereocenters. The largest absolute Gasteiger partial charge is 0.326 e. The van der Waals surface area contributed by atoms with Crippen LogP contribution in [0.3, 0.4) is 0 Å². The fourth-order valence-corrected chi connectivity index (χ4v) is 3.79. The Morgan fingerprint density at radius 3 is 2.29 bits per heavy atom. The molecule has 3 nitrogen and oxygen atoms in total. The molecule has 0 aromatic carbocycles. The second kappa shape index (κ2) is 4.05. The van der Waals surface area contributed by atoms with Gasteiger partial charge in [-0.05, 0) is 44.9 Å². The normalized spacial score (nSPS) is 31.1. The molecule has 3 rings (SSSR count). The van der Waals surface area contributed by atoms with Gasteiger partial charge in [0.25, 0.3) is 0 Å². The topological polar surface area (TPSA) is 51.8 Å². The lowest BCUT2D eigenvalue weighted by atomic mass is 9.88. The van der Waals surface area contributed by atoms with E-state index in [1.54, 1.807) is 0 Å². The Kier molecular flexibility index (Phi) is 2.66. The van der Waals surface area contributed by atoms with Crippen LogP contribution in [0.1, 0.15) is 54.4 Å². The lowest BCUT2D eigenvalue weighted by molar-refractivity contribution is 0.404. The van der Waals surface area contributed by atoms with Gasteiger partial charge in [-0.25, -0.2) is 9.97 Å². The maximum Gasteiger partial charge on any atom is 0.132 e. The van der Waals surface area contributed by atoms with Crippen LogP contribution in [0.4, 0.5) is 0 Å².